The van der Waals surface area contributed by atoms with E-state index in [1.165, 1.54) is 81.9 Å². The molecule has 0 aliphatic rings. The minimum atomic E-state index is 1.08. The third kappa shape index (κ3) is 5.88. The molecule has 2 heteroatoms. The van der Waals surface area contributed by atoms with E-state index in [9.17, 15) is 0 Å². The average molecular weight is 789 g/mol. The lowest BCUT2D eigenvalue weighted by Gasteiger charge is -2.30. The second-order valence-corrected chi connectivity index (χ2v) is 16.1. The Morgan fingerprint density at radius 2 is 0.855 bits per heavy atom. The third-order valence-electron chi connectivity index (χ3n) is 12.6. The van der Waals surface area contributed by atoms with Crippen LogP contribution in [0.1, 0.15) is 0 Å². The Morgan fingerprint density at radius 1 is 0.290 bits per heavy atom. The number of hydrogen-bond donors (Lipinski definition) is 0. The van der Waals surface area contributed by atoms with E-state index in [-0.39, 0.29) is 0 Å². The molecule has 0 saturated carbocycles. The molecule has 0 bridgehead atoms. The molecule has 0 N–H and O–H groups in total. The molecule has 1 aromatic heterocycles. The maximum absolute atomic E-state index is 2.48. The monoisotopic (exact) mass is 788 g/mol. The van der Waals surface area contributed by atoms with Gasteiger partial charge in [-0.1, -0.05) is 194 Å². The molecule has 2 nitrogen and oxygen atoms in total. The zero-order chi connectivity index (χ0) is 41.0. The first kappa shape index (κ1) is 35.7. The summed E-state index contributed by atoms with van der Waals surface area (Å²) in [6, 6.07) is 88.6. The number of fused-ring (bicyclic) bond motifs is 7. The van der Waals surface area contributed by atoms with Crippen molar-refractivity contribution in [2.45, 2.75) is 0 Å². The molecule has 0 aliphatic carbocycles. The number of anilines is 3. The molecular weight excluding hydrogens is 749 g/mol. The van der Waals surface area contributed by atoms with Crippen molar-refractivity contribution >= 4 is 71.2 Å². The van der Waals surface area contributed by atoms with Gasteiger partial charge in [-0.3, -0.25) is 0 Å². The topological polar surface area (TPSA) is 8.17 Å². The second kappa shape index (κ2) is 14.8. The number of rotatable bonds is 7. The van der Waals surface area contributed by atoms with Crippen molar-refractivity contribution in [1.29, 1.82) is 0 Å². The van der Waals surface area contributed by atoms with E-state index in [1.54, 1.807) is 0 Å². The normalized spacial score (nSPS) is 11.5. The van der Waals surface area contributed by atoms with Gasteiger partial charge in [-0.2, -0.15) is 0 Å². The molecule has 0 aliphatic heterocycles. The zero-order valence-electron chi connectivity index (χ0n) is 34.0. The van der Waals surface area contributed by atoms with Crippen LogP contribution in [0.3, 0.4) is 0 Å². The minimum Gasteiger partial charge on any atom is -0.308 e. The van der Waals surface area contributed by atoms with Gasteiger partial charge in [0.15, 0.2) is 0 Å². The van der Waals surface area contributed by atoms with Gasteiger partial charge in [0.25, 0.3) is 0 Å². The number of benzene rings is 11. The standard InChI is InChI=1S/C60H40N2/c1-3-17-41(18-4-1)44-35-37-48-46(39-44)36-38-54-51(48)29-16-34-55(54)61(58-32-11-12-33-59(58)62-56-30-9-7-25-52(56)53-26-8-10-31-57(53)62)47-24-13-23-45(40-47)50-28-15-22-43-21-14-27-49(60(43)50)42-19-5-2-6-20-42/h1-40H. The molecule has 1 heterocycles. The largest absolute Gasteiger partial charge is 0.308 e. The molecular formula is C60H40N2. The van der Waals surface area contributed by atoms with E-state index in [0.29, 0.717) is 0 Å². The molecule has 12 rings (SSSR count). The van der Waals surface area contributed by atoms with E-state index in [1.807, 2.05) is 0 Å². The van der Waals surface area contributed by atoms with E-state index in [2.05, 4.69) is 252 Å². The quantitative estimate of drug-likeness (QED) is 0.146. The van der Waals surface area contributed by atoms with Gasteiger partial charge >= 0.3 is 0 Å². The molecule has 12 aromatic rings. The Labute approximate surface area is 360 Å². The Balaban J connectivity index is 1.12. The van der Waals surface area contributed by atoms with Crippen LogP contribution in [-0.2, 0) is 0 Å². The fourth-order valence-corrected chi connectivity index (χ4v) is 9.77. The summed E-state index contributed by atoms with van der Waals surface area (Å²) in [6.07, 6.45) is 0. The molecule has 0 radical (unpaired) electrons. The molecule has 290 valence electrons. The van der Waals surface area contributed by atoms with Crippen LogP contribution in [0.4, 0.5) is 17.1 Å². The molecule has 11 aromatic carbocycles. The van der Waals surface area contributed by atoms with Crippen molar-refractivity contribution in [2.24, 2.45) is 0 Å². The second-order valence-electron chi connectivity index (χ2n) is 16.1. The van der Waals surface area contributed by atoms with Gasteiger partial charge < -0.3 is 9.47 Å². The molecule has 0 amide bonds. The highest BCUT2D eigenvalue weighted by molar-refractivity contribution is 6.15. The Morgan fingerprint density at radius 3 is 1.61 bits per heavy atom. The van der Waals surface area contributed by atoms with Crippen LogP contribution >= 0.6 is 0 Å². The molecule has 0 atom stereocenters. The molecule has 0 saturated heterocycles. The summed E-state index contributed by atoms with van der Waals surface area (Å²) in [5, 5.41) is 9.81. The summed E-state index contributed by atoms with van der Waals surface area (Å²) >= 11 is 0. The summed E-state index contributed by atoms with van der Waals surface area (Å²) < 4.78 is 2.44. The highest BCUT2D eigenvalue weighted by Gasteiger charge is 2.23. The van der Waals surface area contributed by atoms with Crippen molar-refractivity contribution < 1.29 is 0 Å². The fraction of sp³-hybridized carbons (Fsp3) is 0. The Hall–Kier alpha value is -8.20. The lowest BCUT2D eigenvalue weighted by Crippen LogP contribution is -2.13. The highest BCUT2D eigenvalue weighted by Crippen LogP contribution is 2.46. The van der Waals surface area contributed by atoms with Crippen molar-refractivity contribution in [3.8, 4) is 39.1 Å². The van der Waals surface area contributed by atoms with Crippen LogP contribution < -0.4 is 4.90 Å². The maximum Gasteiger partial charge on any atom is 0.0702 e. The Kier molecular flexibility index (Phi) is 8.53. The SMILES string of the molecule is c1ccc(-c2ccc3c(ccc4c(N(c5cccc(-c6cccc7cccc(-c8ccccc8)c67)c5)c5ccccc5-n5c6ccccc6c6ccccc65)cccc43)c2)cc1. The van der Waals surface area contributed by atoms with Crippen LogP contribution in [0.15, 0.2) is 243 Å². The van der Waals surface area contributed by atoms with Gasteiger partial charge in [0.1, 0.15) is 0 Å². The first-order chi connectivity index (χ1) is 30.8. The summed E-state index contributed by atoms with van der Waals surface area (Å²) in [7, 11) is 0. The van der Waals surface area contributed by atoms with Crippen LogP contribution in [-0.4, -0.2) is 4.57 Å². The van der Waals surface area contributed by atoms with Crippen molar-refractivity contribution in [3.05, 3.63) is 243 Å². The summed E-state index contributed by atoms with van der Waals surface area (Å²) in [5.41, 5.74) is 14.0. The summed E-state index contributed by atoms with van der Waals surface area (Å²) in [4.78, 5) is 2.48. The van der Waals surface area contributed by atoms with Gasteiger partial charge in [-0.25, -0.2) is 0 Å². The first-order valence-electron chi connectivity index (χ1n) is 21.3. The van der Waals surface area contributed by atoms with Crippen LogP contribution in [0.2, 0.25) is 0 Å². The molecule has 62 heavy (non-hydrogen) atoms. The lowest BCUT2D eigenvalue weighted by molar-refractivity contribution is 1.15. The third-order valence-corrected chi connectivity index (χ3v) is 12.6. The van der Waals surface area contributed by atoms with Gasteiger partial charge in [0.2, 0.25) is 0 Å². The predicted molar refractivity (Wildman–Crippen MR) is 264 cm³/mol. The average Bonchev–Trinajstić information content (AvgIpc) is 3.68. The summed E-state index contributed by atoms with van der Waals surface area (Å²) in [5.74, 6) is 0. The van der Waals surface area contributed by atoms with Crippen molar-refractivity contribution in [2.75, 3.05) is 4.90 Å². The van der Waals surface area contributed by atoms with Crippen molar-refractivity contribution in [1.82, 2.24) is 4.57 Å². The first-order valence-corrected chi connectivity index (χ1v) is 21.3. The van der Waals surface area contributed by atoms with E-state index >= 15 is 0 Å². The van der Waals surface area contributed by atoms with Crippen LogP contribution in [0.25, 0.3) is 93.2 Å². The van der Waals surface area contributed by atoms with E-state index in [4.69, 9.17) is 0 Å². The van der Waals surface area contributed by atoms with Gasteiger partial charge in [-0.15, -0.1) is 0 Å². The fourth-order valence-electron chi connectivity index (χ4n) is 9.77. The summed E-state index contributed by atoms with van der Waals surface area (Å²) in [6.45, 7) is 0. The number of nitrogens with zero attached hydrogens (tertiary/aromatic N) is 2. The lowest BCUT2D eigenvalue weighted by atomic mass is 9.91. The number of aromatic nitrogens is 1. The highest BCUT2D eigenvalue weighted by atomic mass is 15.2. The molecule has 0 spiro atoms. The van der Waals surface area contributed by atoms with Crippen LogP contribution in [0, 0.1) is 0 Å². The maximum atomic E-state index is 2.48. The van der Waals surface area contributed by atoms with Gasteiger partial charge in [-0.05, 0) is 109 Å². The number of para-hydroxylation sites is 4. The van der Waals surface area contributed by atoms with Crippen molar-refractivity contribution in [3.63, 3.8) is 0 Å². The predicted octanol–water partition coefficient (Wildman–Crippen LogP) is 16.7. The Bertz CT molecular complexity index is 3580. The molecule has 0 unspecified atom stereocenters. The smallest absolute Gasteiger partial charge is 0.0702 e. The minimum absolute atomic E-state index is 1.08. The van der Waals surface area contributed by atoms with Gasteiger partial charge in [0.05, 0.1) is 28.1 Å². The van der Waals surface area contributed by atoms with E-state index < -0.39 is 0 Å². The van der Waals surface area contributed by atoms with E-state index in [0.717, 1.165) is 28.3 Å². The molecule has 0 fully saturated rings. The number of hydrogen-bond acceptors (Lipinski definition) is 1. The van der Waals surface area contributed by atoms with Crippen LogP contribution in [0.5, 0.6) is 0 Å². The van der Waals surface area contributed by atoms with Gasteiger partial charge in [0, 0.05) is 21.8 Å². The zero-order valence-corrected chi connectivity index (χ0v) is 34.0.